The molecule has 1 amide bonds. The van der Waals surface area contributed by atoms with Gasteiger partial charge in [-0.2, -0.15) is 26.3 Å². The Morgan fingerprint density at radius 2 is 1.54 bits per heavy atom. The number of benzene rings is 2. The second kappa shape index (κ2) is 11.8. The number of carbonyl (C=O) groups is 1. The van der Waals surface area contributed by atoms with E-state index < -0.39 is 77.1 Å². The van der Waals surface area contributed by atoms with E-state index in [1.54, 1.807) is 0 Å². The second-order valence-corrected chi connectivity index (χ2v) is 10.0. The molecule has 0 aromatic heterocycles. The fraction of sp³-hybridized carbons (Fsp3) is 0.375. The molecule has 39 heavy (non-hydrogen) atoms. The lowest BCUT2D eigenvalue weighted by Crippen LogP contribution is -2.47. The van der Waals surface area contributed by atoms with Crippen LogP contribution in [0.15, 0.2) is 36.4 Å². The molecule has 3 rings (SSSR count). The van der Waals surface area contributed by atoms with Gasteiger partial charge in [0.1, 0.15) is 11.7 Å². The van der Waals surface area contributed by atoms with E-state index in [9.17, 15) is 44.3 Å². The summed E-state index contributed by atoms with van der Waals surface area (Å²) in [6.45, 7) is 0. The van der Waals surface area contributed by atoms with Crippen LogP contribution in [0.4, 0.5) is 39.5 Å². The molecule has 0 saturated heterocycles. The number of allylic oxidation sites excluding steroid dienone is 1. The Morgan fingerprint density at radius 3 is 2.05 bits per heavy atom. The molecule has 0 spiro atoms. The standard InChI is InChI=1S/C24H18Cl3F9N2O/c25-17-8-12(9-18(26)20(17)27)15(23(31,32)33)10-19(28)11-1-2-14(16(7-11)24(34,35)36)21(39)38-37-13-3-5-22(29,30)6-4-13/h1-2,7-10,13,15,37H,3-6H2,(H,38,39)/b19-10-. The largest absolute Gasteiger partial charge is 0.417 e. The van der Waals surface area contributed by atoms with Gasteiger partial charge < -0.3 is 0 Å². The molecule has 2 aromatic carbocycles. The number of hydrazine groups is 1. The molecular formula is C24H18Cl3F9N2O. The Morgan fingerprint density at radius 1 is 0.974 bits per heavy atom. The SMILES string of the molecule is O=C(NNC1CCC(F)(F)CC1)c1ccc(/C(F)=C/C(c2cc(Cl)c(Cl)c(Cl)c2)C(F)(F)F)cc1C(F)(F)F. The van der Waals surface area contributed by atoms with E-state index in [0.717, 1.165) is 12.1 Å². The molecule has 0 bridgehead atoms. The number of carbonyl (C=O) groups excluding carboxylic acids is 1. The van der Waals surface area contributed by atoms with Crippen LogP contribution in [-0.4, -0.2) is 24.0 Å². The molecular weight excluding hydrogens is 610 g/mol. The number of halogens is 12. The van der Waals surface area contributed by atoms with Crippen molar-refractivity contribution in [3.8, 4) is 0 Å². The Balaban J connectivity index is 1.90. The van der Waals surface area contributed by atoms with Crippen LogP contribution in [0.5, 0.6) is 0 Å². The predicted octanol–water partition coefficient (Wildman–Crippen LogP) is 9.13. The summed E-state index contributed by atoms with van der Waals surface area (Å²) >= 11 is 17.3. The summed E-state index contributed by atoms with van der Waals surface area (Å²) in [5.74, 6) is -8.49. The molecule has 1 atom stereocenters. The highest BCUT2D eigenvalue weighted by Crippen LogP contribution is 2.43. The maximum atomic E-state index is 15.0. The first-order chi connectivity index (χ1) is 17.9. The number of alkyl halides is 8. The van der Waals surface area contributed by atoms with Crippen molar-refractivity contribution in [3.05, 3.63) is 73.7 Å². The molecule has 1 saturated carbocycles. The van der Waals surface area contributed by atoms with Crippen LogP contribution in [0.2, 0.25) is 15.1 Å². The lowest BCUT2D eigenvalue weighted by molar-refractivity contribution is -0.140. The summed E-state index contributed by atoms with van der Waals surface area (Å²) in [5.41, 5.74) is 0.335. The van der Waals surface area contributed by atoms with Gasteiger partial charge in [-0.3, -0.25) is 10.2 Å². The van der Waals surface area contributed by atoms with E-state index in [1.807, 2.05) is 5.43 Å². The Labute approximate surface area is 231 Å². The summed E-state index contributed by atoms with van der Waals surface area (Å²) in [6, 6.07) is 2.47. The third kappa shape index (κ3) is 7.96. The molecule has 214 valence electrons. The molecule has 1 aliphatic rings. The molecule has 2 aromatic rings. The van der Waals surface area contributed by atoms with Crippen LogP contribution in [0.3, 0.4) is 0 Å². The van der Waals surface area contributed by atoms with Crippen molar-refractivity contribution in [1.29, 1.82) is 0 Å². The summed E-state index contributed by atoms with van der Waals surface area (Å²) in [4.78, 5) is 12.4. The van der Waals surface area contributed by atoms with E-state index >= 15 is 0 Å². The van der Waals surface area contributed by atoms with Gasteiger partial charge in [0.2, 0.25) is 5.92 Å². The molecule has 2 N–H and O–H groups in total. The van der Waals surface area contributed by atoms with Gasteiger partial charge in [0, 0.05) is 24.4 Å². The summed E-state index contributed by atoms with van der Waals surface area (Å²) in [5, 5.41) is -0.952. The lowest BCUT2D eigenvalue weighted by atomic mass is 9.93. The summed E-state index contributed by atoms with van der Waals surface area (Å²) < 4.78 is 124. The van der Waals surface area contributed by atoms with Crippen LogP contribution in [0.1, 0.15) is 58.6 Å². The first kappa shape index (κ1) is 31.4. The number of hydrogen-bond acceptors (Lipinski definition) is 2. The smallest absolute Gasteiger partial charge is 0.287 e. The third-order valence-corrected chi connectivity index (χ3v) is 7.18. The summed E-state index contributed by atoms with van der Waals surface area (Å²) in [6.07, 6.45) is -11.3. The molecule has 1 aliphatic carbocycles. The van der Waals surface area contributed by atoms with Crippen molar-refractivity contribution in [2.45, 2.75) is 55.9 Å². The van der Waals surface area contributed by atoms with Gasteiger partial charge in [-0.1, -0.05) is 40.9 Å². The molecule has 1 unspecified atom stereocenters. The Hall–Kier alpha value is -2.15. The van der Waals surface area contributed by atoms with Crippen LogP contribution < -0.4 is 10.9 Å². The first-order valence-corrected chi connectivity index (χ1v) is 12.3. The predicted molar refractivity (Wildman–Crippen MR) is 129 cm³/mol. The van der Waals surface area contributed by atoms with Crippen molar-refractivity contribution in [2.24, 2.45) is 0 Å². The van der Waals surface area contributed by atoms with Crippen LogP contribution in [-0.2, 0) is 6.18 Å². The van der Waals surface area contributed by atoms with Crippen LogP contribution >= 0.6 is 34.8 Å². The minimum Gasteiger partial charge on any atom is -0.287 e. The maximum absolute atomic E-state index is 15.0. The molecule has 3 nitrogen and oxygen atoms in total. The average Bonchev–Trinajstić information content (AvgIpc) is 2.83. The van der Waals surface area contributed by atoms with Gasteiger partial charge in [-0.25, -0.2) is 18.6 Å². The minimum atomic E-state index is -5.20. The van der Waals surface area contributed by atoms with Gasteiger partial charge in [0.15, 0.2) is 0 Å². The number of nitrogens with one attached hydrogen (secondary N) is 2. The highest BCUT2D eigenvalue weighted by Gasteiger charge is 2.41. The van der Waals surface area contributed by atoms with Crippen LogP contribution in [0, 0.1) is 0 Å². The zero-order valence-electron chi connectivity index (χ0n) is 19.4. The fourth-order valence-corrected chi connectivity index (χ4v) is 4.53. The van der Waals surface area contributed by atoms with Crippen LogP contribution in [0.25, 0.3) is 5.83 Å². The topological polar surface area (TPSA) is 41.1 Å². The minimum absolute atomic E-state index is 0.0429. The normalized spacial score (nSPS) is 17.7. The first-order valence-electron chi connectivity index (χ1n) is 11.1. The number of amides is 1. The van der Waals surface area contributed by atoms with Crippen molar-refractivity contribution in [3.63, 3.8) is 0 Å². The Kier molecular flexibility index (Phi) is 9.46. The van der Waals surface area contributed by atoms with E-state index in [-0.39, 0.29) is 40.1 Å². The zero-order valence-corrected chi connectivity index (χ0v) is 21.7. The lowest BCUT2D eigenvalue weighted by Gasteiger charge is -2.29. The third-order valence-electron chi connectivity index (χ3n) is 5.98. The van der Waals surface area contributed by atoms with E-state index in [1.165, 1.54) is 0 Å². The van der Waals surface area contributed by atoms with Gasteiger partial charge in [-0.15, -0.1) is 0 Å². The molecule has 1 fully saturated rings. The quantitative estimate of drug-likeness (QED) is 0.191. The second-order valence-electron chi connectivity index (χ2n) is 8.82. The highest BCUT2D eigenvalue weighted by atomic mass is 35.5. The van der Waals surface area contributed by atoms with Crippen molar-refractivity contribution in [1.82, 2.24) is 10.9 Å². The number of hydrogen-bond donors (Lipinski definition) is 2. The van der Waals surface area contributed by atoms with Crippen molar-refractivity contribution >= 4 is 46.5 Å². The number of rotatable bonds is 6. The van der Waals surface area contributed by atoms with Crippen molar-refractivity contribution < 1.29 is 44.3 Å². The zero-order chi connectivity index (χ0) is 29.3. The fourth-order valence-electron chi connectivity index (χ4n) is 3.92. The molecule has 0 heterocycles. The molecule has 0 radical (unpaired) electrons. The molecule has 15 heteroatoms. The monoisotopic (exact) mass is 626 g/mol. The van der Waals surface area contributed by atoms with Gasteiger partial charge >= 0.3 is 12.4 Å². The average molecular weight is 628 g/mol. The van der Waals surface area contributed by atoms with E-state index in [0.29, 0.717) is 12.1 Å². The summed E-state index contributed by atoms with van der Waals surface area (Å²) in [7, 11) is 0. The maximum Gasteiger partial charge on any atom is 0.417 e. The highest BCUT2D eigenvalue weighted by molar-refractivity contribution is 6.48. The van der Waals surface area contributed by atoms with Gasteiger partial charge in [0.05, 0.1) is 26.2 Å². The van der Waals surface area contributed by atoms with Gasteiger partial charge in [-0.05, 0) is 48.7 Å². The van der Waals surface area contributed by atoms with E-state index in [4.69, 9.17) is 34.8 Å². The Bertz CT molecular complexity index is 1230. The van der Waals surface area contributed by atoms with Crippen molar-refractivity contribution in [2.75, 3.05) is 0 Å². The molecule has 0 aliphatic heterocycles. The van der Waals surface area contributed by atoms with E-state index in [2.05, 4.69) is 5.43 Å². The van der Waals surface area contributed by atoms with Gasteiger partial charge in [0.25, 0.3) is 5.91 Å².